The standard InChI is InChI=1S/C24H26AsN5OS/c26-17-8-11-20-21(13-17)32-24(28-20)30-22-14-18(12-15-4-2-1-3-5-15)27-23(29-22)25-16-6-9-19(31)10-7-16/h1-5,8,11,13-14,16,19,25,31H,6-7,9-10,12,26H2,(H,27,28,29,30). The number of nitrogens with two attached hydrogens (primary N) is 1. The van der Waals surface area contributed by atoms with Crippen molar-refractivity contribution < 1.29 is 5.11 Å². The number of hydrogen-bond donors (Lipinski definition) is 3. The summed E-state index contributed by atoms with van der Waals surface area (Å²) in [5, 5.41) is 14.1. The zero-order chi connectivity index (χ0) is 21.9. The van der Waals surface area contributed by atoms with Crippen molar-refractivity contribution in [2.24, 2.45) is 0 Å². The van der Waals surface area contributed by atoms with Crippen LogP contribution in [0.4, 0.5) is 16.6 Å². The van der Waals surface area contributed by atoms with E-state index in [2.05, 4.69) is 29.6 Å². The number of benzene rings is 2. The molecule has 0 radical (unpaired) electrons. The van der Waals surface area contributed by atoms with E-state index in [1.807, 2.05) is 30.3 Å². The second kappa shape index (κ2) is 9.57. The first kappa shape index (κ1) is 21.4. The van der Waals surface area contributed by atoms with Gasteiger partial charge < -0.3 is 0 Å². The molecule has 0 saturated heterocycles. The van der Waals surface area contributed by atoms with Crippen LogP contribution in [-0.2, 0) is 6.42 Å². The Balaban J connectivity index is 1.42. The second-order valence-corrected chi connectivity index (χ2v) is 12.5. The van der Waals surface area contributed by atoms with Crippen LogP contribution in [-0.4, -0.2) is 41.9 Å². The van der Waals surface area contributed by atoms with Gasteiger partial charge >= 0.3 is 198 Å². The number of nitrogens with zero attached hydrogens (tertiary/aromatic N) is 3. The molecular formula is C24H26AsN5OS. The van der Waals surface area contributed by atoms with Crippen LogP contribution in [0, 0.1) is 0 Å². The Morgan fingerprint density at radius 2 is 1.81 bits per heavy atom. The number of thiazole rings is 1. The quantitative estimate of drug-likeness (QED) is 0.272. The average molecular weight is 507 g/mol. The number of fused-ring (bicyclic) bond motifs is 1. The molecule has 164 valence electrons. The maximum atomic E-state index is 9.85. The first-order valence-corrected chi connectivity index (χ1v) is 14.0. The zero-order valence-electron chi connectivity index (χ0n) is 17.7. The third-order valence-corrected chi connectivity index (χ3v) is 9.70. The molecule has 1 aliphatic rings. The maximum absolute atomic E-state index is 9.85. The molecule has 5 rings (SSSR count). The van der Waals surface area contributed by atoms with Crippen molar-refractivity contribution in [3.63, 3.8) is 0 Å². The van der Waals surface area contributed by atoms with Gasteiger partial charge in [0.2, 0.25) is 0 Å². The minimum absolute atomic E-state index is 0.131. The predicted octanol–water partition coefficient (Wildman–Crippen LogP) is 3.79. The number of aromatic nitrogens is 3. The molecule has 32 heavy (non-hydrogen) atoms. The van der Waals surface area contributed by atoms with Gasteiger partial charge in [-0.25, -0.2) is 0 Å². The average Bonchev–Trinajstić information content (AvgIpc) is 3.17. The number of aliphatic hydroxyl groups excluding tert-OH is 1. The van der Waals surface area contributed by atoms with Crippen LogP contribution in [0.3, 0.4) is 0 Å². The van der Waals surface area contributed by atoms with Crippen molar-refractivity contribution in [1.82, 2.24) is 15.0 Å². The minimum atomic E-state index is -0.490. The summed E-state index contributed by atoms with van der Waals surface area (Å²) in [5.41, 5.74) is 9.85. The Labute approximate surface area is 198 Å². The molecule has 4 aromatic rings. The number of nitrogen functional groups attached to an aromatic ring is 1. The molecule has 0 aliphatic heterocycles. The molecule has 2 heterocycles. The molecular weight excluding hydrogens is 481 g/mol. The SMILES string of the molecule is Nc1ccc2nc(Nc3cc(Cc4ccccc4)nc([AsH]C4CCC(O)CC4)n3)sc2c1. The number of rotatable bonds is 6. The van der Waals surface area contributed by atoms with Crippen molar-refractivity contribution in [2.45, 2.75) is 42.9 Å². The van der Waals surface area contributed by atoms with Crippen LogP contribution in [0.2, 0.25) is 4.71 Å². The third kappa shape index (κ3) is 5.29. The number of anilines is 3. The van der Waals surface area contributed by atoms with E-state index in [-0.39, 0.29) is 6.10 Å². The molecule has 0 amide bonds. The Morgan fingerprint density at radius 1 is 1.00 bits per heavy atom. The fourth-order valence-corrected chi connectivity index (χ4v) is 7.85. The van der Waals surface area contributed by atoms with E-state index in [9.17, 15) is 5.11 Å². The first-order valence-electron chi connectivity index (χ1n) is 10.9. The van der Waals surface area contributed by atoms with Crippen LogP contribution in [0.5, 0.6) is 0 Å². The van der Waals surface area contributed by atoms with Crippen molar-refractivity contribution in [3.8, 4) is 0 Å². The van der Waals surface area contributed by atoms with Gasteiger partial charge in [0.25, 0.3) is 0 Å². The molecule has 1 unspecified atom stereocenters. The van der Waals surface area contributed by atoms with Gasteiger partial charge in [0.15, 0.2) is 0 Å². The van der Waals surface area contributed by atoms with E-state index in [0.717, 1.165) is 69.3 Å². The van der Waals surface area contributed by atoms with Gasteiger partial charge in [-0.15, -0.1) is 0 Å². The van der Waals surface area contributed by atoms with E-state index in [1.54, 1.807) is 11.3 Å². The summed E-state index contributed by atoms with van der Waals surface area (Å²) in [6.45, 7) is 0. The third-order valence-electron chi connectivity index (χ3n) is 5.68. The molecule has 0 bridgehead atoms. The molecule has 2 aromatic carbocycles. The van der Waals surface area contributed by atoms with Gasteiger partial charge in [0, 0.05) is 0 Å². The van der Waals surface area contributed by atoms with Gasteiger partial charge in [-0.05, 0) is 0 Å². The van der Waals surface area contributed by atoms with Crippen molar-refractivity contribution in [2.75, 3.05) is 11.1 Å². The number of aliphatic hydroxyl groups is 1. The van der Waals surface area contributed by atoms with Gasteiger partial charge in [-0.2, -0.15) is 0 Å². The predicted molar refractivity (Wildman–Crippen MR) is 134 cm³/mol. The van der Waals surface area contributed by atoms with Gasteiger partial charge in [0.1, 0.15) is 0 Å². The van der Waals surface area contributed by atoms with E-state index in [4.69, 9.17) is 20.7 Å². The normalized spacial score (nSPS) is 19.0. The molecule has 8 heteroatoms. The van der Waals surface area contributed by atoms with Crippen LogP contribution in [0.25, 0.3) is 10.2 Å². The zero-order valence-corrected chi connectivity index (χ0v) is 20.6. The fourth-order valence-electron chi connectivity index (χ4n) is 4.03. The van der Waals surface area contributed by atoms with Gasteiger partial charge in [0.05, 0.1) is 0 Å². The summed E-state index contributed by atoms with van der Waals surface area (Å²) in [5.74, 6) is 0.799. The molecule has 1 atom stereocenters. The molecule has 2 aromatic heterocycles. The molecule has 1 fully saturated rings. The second-order valence-electron chi connectivity index (χ2n) is 8.25. The number of hydrogen-bond acceptors (Lipinski definition) is 7. The summed E-state index contributed by atoms with van der Waals surface area (Å²) >= 11 is 1.09. The van der Waals surface area contributed by atoms with E-state index in [0.29, 0.717) is 4.71 Å². The van der Waals surface area contributed by atoms with Crippen LogP contribution < -0.4 is 15.7 Å². The Hall–Kier alpha value is -2.47. The van der Waals surface area contributed by atoms with Crippen molar-refractivity contribution in [3.05, 3.63) is 65.9 Å². The Kier molecular flexibility index (Phi) is 6.39. The monoisotopic (exact) mass is 507 g/mol. The summed E-state index contributed by atoms with van der Waals surface area (Å²) < 4.78 is 2.68. The molecule has 1 aliphatic carbocycles. The molecule has 1 saturated carbocycles. The summed E-state index contributed by atoms with van der Waals surface area (Å²) in [7, 11) is 0. The van der Waals surface area contributed by atoms with Gasteiger partial charge in [-0.1, -0.05) is 0 Å². The molecule has 4 N–H and O–H groups in total. The first-order chi connectivity index (χ1) is 15.6. The van der Waals surface area contributed by atoms with Gasteiger partial charge in [-0.3, -0.25) is 0 Å². The summed E-state index contributed by atoms with van der Waals surface area (Å²) in [6.07, 6.45) is 4.60. The number of nitrogens with one attached hydrogen (secondary N) is 1. The Morgan fingerprint density at radius 3 is 2.62 bits per heavy atom. The van der Waals surface area contributed by atoms with Crippen molar-refractivity contribution in [1.29, 1.82) is 0 Å². The summed E-state index contributed by atoms with van der Waals surface area (Å²) in [4.78, 5) is 14.5. The summed E-state index contributed by atoms with van der Waals surface area (Å²) in [6, 6.07) is 18.2. The van der Waals surface area contributed by atoms with E-state index >= 15 is 0 Å². The van der Waals surface area contributed by atoms with E-state index < -0.39 is 15.8 Å². The van der Waals surface area contributed by atoms with Crippen molar-refractivity contribution >= 4 is 58.6 Å². The van der Waals surface area contributed by atoms with Crippen LogP contribution in [0.1, 0.15) is 36.9 Å². The van der Waals surface area contributed by atoms with Crippen LogP contribution in [0.15, 0.2) is 54.6 Å². The molecule has 0 spiro atoms. The topological polar surface area (TPSA) is 97.0 Å². The molecule has 6 nitrogen and oxygen atoms in total. The van der Waals surface area contributed by atoms with E-state index in [1.165, 1.54) is 5.56 Å². The van der Waals surface area contributed by atoms with Crippen LogP contribution >= 0.6 is 11.3 Å². The Bertz CT molecular complexity index is 1210. The fraction of sp³-hybridized carbons (Fsp3) is 0.292.